The Bertz CT molecular complexity index is 266. The van der Waals surface area contributed by atoms with Gasteiger partial charge in [-0.25, -0.2) is 13.1 Å². The number of hydrogen-bond donors (Lipinski definition) is 2. The van der Waals surface area contributed by atoms with Crippen molar-refractivity contribution < 1.29 is 8.42 Å². The highest BCUT2D eigenvalue weighted by Crippen LogP contribution is 2.04. The Balaban J connectivity index is 2.05. The normalized spacial score (nSPS) is 24.3. The summed E-state index contributed by atoms with van der Waals surface area (Å²) in [5.41, 5.74) is 0. The molecule has 5 nitrogen and oxygen atoms in total. The molecular formula is C8H19N3O2S. The highest BCUT2D eigenvalue weighted by atomic mass is 32.2. The summed E-state index contributed by atoms with van der Waals surface area (Å²) >= 11 is 0. The molecule has 1 saturated heterocycles. The Morgan fingerprint density at radius 1 is 1.43 bits per heavy atom. The maximum absolute atomic E-state index is 10.7. The van der Waals surface area contributed by atoms with Gasteiger partial charge in [-0.3, -0.25) is 0 Å². The van der Waals surface area contributed by atoms with Crippen molar-refractivity contribution >= 4 is 10.0 Å². The first-order valence-corrected chi connectivity index (χ1v) is 6.73. The van der Waals surface area contributed by atoms with Gasteiger partial charge < -0.3 is 10.2 Å². The summed E-state index contributed by atoms with van der Waals surface area (Å²) in [7, 11) is -0.937. The molecule has 84 valence electrons. The van der Waals surface area contributed by atoms with Crippen LogP contribution in [0.25, 0.3) is 0 Å². The van der Waals surface area contributed by atoms with E-state index in [2.05, 4.69) is 22.0 Å². The molecule has 0 bridgehead atoms. The van der Waals surface area contributed by atoms with E-state index >= 15 is 0 Å². The molecule has 1 unspecified atom stereocenters. The number of rotatable bonds is 5. The van der Waals surface area contributed by atoms with Gasteiger partial charge in [-0.2, -0.15) is 0 Å². The maximum atomic E-state index is 10.7. The van der Waals surface area contributed by atoms with Crippen LogP contribution in [0.5, 0.6) is 0 Å². The van der Waals surface area contributed by atoms with E-state index in [0.717, 1.165) is 19.5 Å². The molecule has 14 heavy (non-hydrogen) atoms. The molecule has 0 aromatic heterocycles. The standard InChI is InChI=1S/C8H19N3O2S/c1-11-6-3-8(7-11)9-4-5-10-14(2,12)13/h8-10H,3-7H2,1-2H3. The van der Waals surface area contributed by atoms with Gasteiger partial charge >= 0.3 is 0 Å². The lowest BCUT2D eigenvalue weighted by atomic mass is 10.3. The summed E-state index contributed by atoms with van der Waals surface area (Å²) in [5.74, 6) is 0. The lowest BCUT2D eigenvalue weighted by Gasteiger charge is -2.12. The van der Waals surface area contributed by atoms with E-state index in [1.165, 1.54) is 6.26 Å². The highest BCUT2D eigenvalue weighted by Gasteiger charge is 2.17. The van der Waals surface area contributed by atoms with Crippen LogP contribution < -0.4 is 10.0 Å². The van der Waals surface area contributed by atoms with E-state index in [1.807, 2.05) is 0 Å². The fourth-order valence-corrected chi connectivity index (χ4v) is 2.09. The predicted octanol–water partition coefficient (Wildman–Crippen LogP) is -1.17. The van der Waals surface area contributed by atoms with Crippen molar-refractivity contribution in [1.29, 1.82) is 0 Å². The zero-order valence-corrected chi connectivity index (χ0v) is 9.60. The molecule has 2 N–H and O–H groups in total. The topological polar surface area (TPSA) is 61.4 Å². The summed E-state index contributed by atoms with van der Waals surface area (Å²) in [6, 6.07) is 0.515. The van der Waals surface area contributed by atoms with Crippen LogP contribution in [0.3, 0.4) is 0 Å². The third-order valence-corrected chi connectivity index (χ3v) is 3.04. The lowest BCUT2D eigenvalue weighted by Crippen LogP contribution is -2.37. The third kappa shape index (κ3) is 4.90. The average molecular weight is 221 g/mol. The predicted molar refractivity (Wildman–Crippen MR) is 56.8 cm³/mol. The van der Waals surface area contributed by atoms with Gasteiger partial charge in [0.15, 0.2) is 0 Å². The molecule has 1 aliphatic rings. The van der Waals surface area contributed by atoms with Crippen LogP contribution in [0.1, 0.15) is 6.42 Å². The Morgan fingerprint density at radius 3 is 2.64 bits per heavy atom. The van der Waals surface area contributed by atoms with Crippen molar-refractivity contribution in [2.75, 3.05) is 39.5 Å². The molecule has 0 aromatic rings. The molecule has 0 aliphatic carbocycles. The number of likely N-dealkylation sites (tertiary alicyclic amines) is 1. The van der Waals surface area contributed by atoms with Gasteiger partial charge in [-0.1, -0.05) is 0 Å². The lowest BCUT2D eigenvalue weighted by molar-refractivity contribution is 0.398. The largest absolute Gasteiger partial charge is 0.311 e. The maximum Gasteiger partial charge on any atom is 0.208 e. The van der Waals surface area contributed by atoms with Crippen molar-refractivity contribution in [3.63, 3.8) is 0 Å². The van der Waals surface area contributed by atoms with Crippen LogP contribution in [0.4, 0.5) is 0 Å². The molecule has 6 heteroatoms. The van der Waals surface area contributed by atoms with E-state index < -0.39 is 10.0 Å². The third-order valence-electron chi connectivity index (χ3n) is 2.31. The van der Waals surface area contributed by atoms with Crippen molar-refractivity contribution in [2.45, 2.75) is 12.5 Å². The molecule has 1 atom stereocenters. The van der Waals surface area contributed by atoms with Gasteiger partial charge in [0, 0.05) is 25.7 Å². The Kier molecular flexibility index (Phi) is 4.31. The van der Waals surface area contributed by atoms with E-state index in [1.54, 1.807) is 0 Å². The van der Waals surface area contributed by atoms with Crippen molar-refractivity contribution in [3.8, 4) is 0 Å². The second-order valence-electron chi connectivity index (χ2n) is 3.87. The van der Waals surface area contributed by atoms with Crippen LogP contribution in [0.2, 0.25) is 0 Å². The second kappa shape index (κ2) is 5.06. The summed E-state index contributed by atoms with van der Waals surface area (Å²) in [5, 5.41) is 3.32. The molecule has 1 aliphatic heterocycles. The van der Waals surface area contributed by atoms with Crippen molar-refractivity contribution in [2.24, 2.45) is 0 Å². The quantitative estimate of drug-likeness (QED) is 0.574. The van der Waals surface area contributed by atoms with Crippen LogP contribution in [-0.2, 0) is 10.0 Å². The molecule has 0 aromatic carbocycles. The molecule has 0 radical (unpaired) electrons. The van der Waals surface area contributed by atoms with E-state index in [9.17, 15) is 8.42 Å². The number of likely N-dealkylation sites (N-methyl/N-ethyl adjacent to an activating group) is 1. The van der Waals surface area contributed by atoms with Crippen LogP contribution in [-0.4, -0.2) is 58.8 Å². The first-order valence-electron chi connectivity index (χ1n) is 4.84. The Hall–Kier alpha value is -0.170. The Morgan fingerprint density at radius 2 is 2.14 bits per heavy atom. The zero-order valence-electron chi connectivity index (χ0n) is 8.78. The molecular weight excluding hydrogens is 202 g/mol. The van der Waals surface area contributed by atoms with Crippen LogP contribution in [0.15, 0.2) is 0 Å². The molecule has 1 rings (SSSR count). The average Bonchev–Trinajstić information content (AvgIpc) is 2.44. The van der Waals surface area contributed by atoms with E-state index in [4.69, 9.17) is 0 Å². The number of hydrogen-bond acceptors (Lipinski definition) is 4. The van der Waals surface area contributed by atoms with Gasteiger partial charge in [-0.15, -0.1) is 0 Å². The van der Waals surface area contributed by atoms with Gasteiger partial charge in [0.1, 0.15) is 0 Å². The molecule has 0 amide bonds. The first-order chi connectivity index (χ1) is 6.47. The van der Waals surface area contributed by atoms with Gasteiger partial charge in [0.2, 0.25) is 10.0 Å². The minimum Gasteiger partial charge on any atom is -0.311 e. The SMILES string of the molecule is CN1CCC(NCCNS(C)(=O)=O)C1. The highest BCUT2D eigenvalue weighted by molar-refractivity contribution is 7.88. The minimum absolute atomic E-state index is 0.471. The monoisotopic (exact) mass is 221 g/mol. The number of nitrogens with zero attached hydrogens (tertiary/aromatic N) is 1. The summed E-state index contributed by atoms with van der Waals surface area (Å²) < 4.78 is 23.9. The summed E-state index contributed by atoms with van der Waals surface area (Å²) in [6.45, 7) is 3.35. The Labute approximate surface area is 85.9 Å². The second-order valence-corrected chi connectivity index (χ2v) is 5.70. The fourth-order valence-electron chi connectivity index (χ4n) is 1.61. The fraction of sp³-hybridized carbons (Fsp3) is 1.00. The minimum atomic E-state index is -3.03. The molecule has 0 spiro atoms. The molecule has 1 heterocycles. The zero-order chi connectivity index (χ0) is 10.6. The van der Waals surface area contributed by atoms with Crippen molar-refractivity contribution in [1.82, 2.24) is 14.9 Å². The molecule has 0 saturated carbocycles. The summed E-state index contributed by atoms with van der Waals surface area (Å²) in [6.07, 6.45) is 2.33. The number of sulfonamides is 1. The summed E-state index contributed by atoms with van der Waals surface area (Å²) in [4.78, 5) is 2.27. The van der Waals surface area contributed by atoms with E-state index in [-0.39, 0.29) is 0 Å². The number of nitrogens with one attached hydrogen (secondary N) is 2. The van der Waals surface area contributed by atoms with Gasteiger partial charge in [0.05, 0.1) is 6.26 Å². The van der Waals surface area contributed by atoms with Crippen LogP contribution in [0, 0.1) is 0 Å². The smallest absolute Gasteiger partial charge is 0.208 e. The van der Waals surface area contributed by atoms with Crippen molar-refractivity contribution in [3.05, 3.63) is 0 Å². The molecule has 1 fully saturated rings. The van der Waals surface area contributed by atoms with E-state index in [0.29, 0.717) is 19.1 Å². The van der Waals surface area contributed by atoms with Gasteiger partial charge in [-0.05, 0) is 20.0 Å². The first kappa shape index (κ1) is 11.9. The van der Waals surface area contributed by atoms with Gasteiger partial charge in [0.25, 0.3) is 0 Å². The van der Waals surface area contributed by atoms with Crippen LogP contribution >= 0.6 is 0 Å².